The van der Waals surface area contributed by atoms with Gasteiger partial charge in [-0.05, 0) is 0 Å². The number of ether oxygens (including phenoxy) is 1. The van der Waals surface area contributed by atoms with Gasteiger partial charge in [0.2, 0.25) is 5.91 Å². The zero-order valence-corrected chi connectivity index (χ0v) is 8.33. The molecule has 5 atom stereocenters. The Morgan fingerprint density at radius 2 is 2.07 bits per heavy atom. The predicted molar refractivity (Wildman–Crippen MR) is 49.6 cm³/mol. The Morgan fingerprint density at radius 3 is 2.53 bits per heavy atom. The third kappa shape index (κ3) is 2.64. The average Bonchev–Trinajstić information content (AvgIpc) is 2.18. The van der Waals surface area contributed by atoms with Gasteiger partial charge in [0.1, 0.15) is 24.5 Å². The van der Waals surface area contributed by atoms with E-state index in [1.54, 1.807) is 0 Å². The van der Waals surface area contributed by atoms with E-state index in [9.17, 15) is 15.0 Å². The summed E-state index contributed by atoms with van der Waals surface area (Å²) in [5, 5.41) is 30.3. The molecule has 0 saturated carbocycles. The number of rotatable bonds is 2. The number of aliphatic hydroxyl groups is 3. The second-order valence-electron chi connectivity index (χ2n) is 3.53. The first kappa shape index (κ1) is 12.3. The van der Waals surface area contributed by atoms with E-state index in [4.69, 9.17) is 15.6 Å². The molecule has 0 aromatic rings. The molecular formula is C8H16N2O5. The summed E-state index contributed by atoms with van der Waals surface area (Å²) in [5.74, 6) is -0.382. The van der Waals surface area contributed by atoms with E-state index in [2.05, 4.69) is 5.32 Å². The first-order chi connectivity index (χ1) is 6.97. The molecule has 0 bridgehead atoms. The Morgan fingerprint density at radius 1 is 1.47 bits per heavy atom. The molecule has 0 aromatic carbocycles. The molecule has 0 unspecified atom stereocenters. The van der Waals surface area contributed by atoms with Gasteiger partial charge in [-0.25, -0.2) is 0 Å². The highest BCUT2D eigenvalue weighted by atomic mass is 16.5. The number of carbonyl (C=O) groups excluding carboxylic acids is 1. The molecule has 1 heterocycles. The lowest BCUT2D eigenvalue weighted by atomic mass is 9.96. The third-order valence-electron chi connectivity index (χ3n) is 2.33. The summed E-state index contributed by atoms with van der Waals surface area (Å²) in [5.41, 5.74) is 5.53. The second-order valence-corrected chi connectivity index (χ2v) is 3.53. The summed E-state index contributed by atoms with van der Waals surface area (Å²) < 4.78 is 5.03. The fourth-order valence-corrected chi connectivity index (χ4v) is 1.55. The molecule has 0 aliphatic carbocycles. The summed E-state index contributed by atoms with van der Waals surface area (Å²) >= 11 is 0. The van der Waals surface area contributed by atoms with Crippen LogP contribution >= 0.6 is 0 Å². The SMILES string of the molecule is CC(=O)N[C@H]1[C@H](O)[C@@H](O)[C@@H](CO)O[C@@H]1N. The molecule has 1 saturated heterocycles. The normalized spacial score (nSPS) is 41.3. The zero-order valence-electron chi connectivity index (χ0n) is 8.33. The minimum absolute atomic E-state index is 0.382. The van der Waals surface area contributed by atoms with Gasteiger partial charge in [0.15, 0.2) is 0 Å². The van der Waals surface area contributed by atoms with E-state index in [1.165, 1.54) is 6.92 Å². The van der Waals surface area contributed by atoms with Crippen LogP contribution in [0.5, 0.6) is 0 Å². The smallest absolute Gasteiger partial charge is 0.217 e. The van der Waals surface area contributed by atoms with Gasteiger partial charge in [0.25, 0.3) is 0 Å². The quantitative estimate of drug-likeness (QED) is 0.335. The summed E-state index contributed by atoms with van der Waals surface area (Å²) in [6.07, 6.45) is -4.41. The number of nitrogens with one attached hydrogen (secondary N) is 1. The molecule has 0 radical (unpaired) electrons. The van der Waals surface area contributed by atoms with Crippen LogP contribution in [0.2, 0.25) is 0 Å². The molecule has 1 aliphatic heterocycles. The minimum atomic E-state index is -1.27. The maximum Gasteiger partial charge on any atom is 0.217 e. The summed E-state index contributed by atoms with van der Waals surface area (Å²) in [6.45, 7) is 0.822. The topological polar surface area (TPSA) is 125 Å². The molecular weight excluding hydrogens is 204 g/mol. The largest absolute Gasteiger partial charge is 0.394 e. The van der Waals surface area contributed by atoms with E-state index in [1.807, 2.05) is 0 Å². The van der Waals surface area contributed by atoms with Gasteiger partial charge in [-0.1, -0.05) is 0 Å². The monoisotopic (exact) mass is 220 g/mol. The molecule has 15 heavy (non-hydrogen) atoms. The minimum Gasteiger partial charge on any atom is -0.394 e. The number of carbonyl (C=O) groups is 1. The zero-order chi connectivity index (χ0) is 11.6. The summed E-state index contributed by atoms with van der Waals surface area (Å²) in [7, 11) is 0. The van der Waals surface area contributed by atoms with E-state index >= 15 is 0 Å². The molecule has 1 aliphatic rings. The number of amides is 1. The van der Waals surface area contributed by atoms with Crippen molar-refractivity contribution in [1.82, 2.24) is 5.32 Å². The fourth-order valence-electron chi connectivity index (χ4n) is 1.55. The highest BCUT2D eigenvalue weighted by Gasteiger charge is 2.42. The standard InChI is InChI=1S/C8H16N2O5/c1-3(12)10-5-7(14)6(13)4(2-11)15-8(5)9/h4-8,11,13-14H,2,9H2,1H3,(H,10,12)/t4-,5+,6+,7+,8+/m1/s1. The first-order valence-corrected chi connectivity index (χ1v) is 4.62. The molecule has 1 rings (SSSR count). The van der Waals surface area contributed by atoms with Gasteiger partial charge < -0.3 is 31.1 Å². The van der Waals surface area contributed by atoms with Crippen molar-refractivity contribution in [2.75, 3.05) is 6.61 Å². The Bertz CT molecular complexity index is 237. The molecule has 7 nitrogen and oxygen atoms in total. The maximum atomic E-state index is 10.8. The van der Waals surface area contributed by atoms with Crippen LogP contribution in [0.1, 0.15) is 6.92 Å². The van der Waals surface area contributed by atoms with Gasteiger partial charge in [-0.2, -0.15) is 0 Å². The van der Waals surface area contributed by atoms with E-state index < -0.39 is 37.2 Å². The summed E-state index contributed by atoms with van der Waals surface area (Å²) in [6, 6.07) is -0.875. The van der Waals surface area contributed by atoms with Crippen LogP contribution in [-0.2, 0) is 9.53 Å². The van der Waals surface area contributed by atoms with Crippen molar-refractivity contribution in [1.29, 1.82) is 0 Å². The Hall–Kier alpha value is -0.730. The van der Waals surface area contributed by atoms with E-state index in [-0.39, 0.29) is 5.91 Å². The molecule has 1 fully saturated rings. The van der Waals surface area contributed by atoms with Crippen LogP contribution in [0.15, 0.2) is 0 Å². The van der Waals surface area contributed by atoms with Crippen molar-refractivity contribution in [2.24, 2.45) is 5.73 Å². The molecule has 7 heteroatoms. The lowest BCUT2D eigenvalue weighted by Gasteiger charge is -2.40. The van der Waals surface area contributed by atoms with Gasteiger partial charge in [0.05, 0.1) is 12.6 Å². The lowest BCUT2D eigenvalue weighted by molar-refractivity contribution is -0.193. The highest BCUT2D eigenvalue weighted by molar-refractivity contribution is 5.73. The van der Waals surface area contributed by atoms with Crippen molar-refractivity contribution in [2.45, 2.75) is 37.5 Å². The van der Waals surface area contributed by atoms with E-state index in [0.29, 0.717) is 0 Å². The summed E-state index contributed by atoms with van der Waals surface area (Å²) in [4.78, 5) is 10.8. The first-order valence-electron chi connectivity index (χ1n) is 4.62. The van der Waals surface area contributed by atoms with Crippen molar-refractivity contribution in [3.63, 3.8) is 0 Å². The van der Waals surface area contributed by atoms with Gasteiger partial charge in [-0.15, -0.1) is 0 Å². The van der Waals surface area contributed by atoms with Crippen molar-refractivity contribution in [3.8, 4) is 0 Å². The van der Waals surface area contributed by atoms with Crippen LogP contribution in [0.4, 0.5) is 0 Å². The molecule has 88 valence electrons. The van der Waals surface area contributed by atoms with Crippen LogP contribution in [-0.4, -0.2) is 58.4 Å². The molecule has 6 N–H and O–H groups in total. The maximum absolute atomic E-state index is 10.8. The fraction of sp³-hybridized carbons (Fsp3) is 0.875. The third-order valence-corrected chi connectivity index (χ3v) is 2.33. The second kappa shape index (κ2) is 4.86. The van der Waals surface area contributed by atoms with Gasteiger partial charge in [0, 0.05) is 6.92 Å². The Labute approximate surface area is 86.8 Å². The Kier molecular flexibility index (Phi) is 4.00. The van der Waals surface area contributed by atoms with E-state index in [0.717, 1.165) is 0 Å². The predicted octanol–water partition coefficient (Wildman–Crippen LogP) is -3.11. The molecule has 0 aromatic heterocycles. The van der Waals surface area contributed by atoms with Crippen LogP contribution in [0.3, 0.4) is 0 Å². The molecule has 1 amide bonds. The van der Waals surface area contributed by atoms with Crippen molar-refractivity contribution >= 4 is 5.91 Å². The van der Waals surface area contributed by atoms with Crippen LogP contribution < -0.4 is 11.1 Å². The molecule has 0 spiro atoms. The number of hydrogen-bond acceptors (Lipinski definition) is 6. The van der Waals surface area contributed by atoms with Crippen LogP contribution in [0, 0.1) is 0 Å². The van der Waals surface area contributed by atoms with Crippen molar-refractivity contribution < 1.29 is 24.9 Å². The number of hydrogen-bond donors (Lipinski definition) is 5. The number of aliphatic hydroxyl groups excluding tert-OH is 3. The lowest BCUT2D eigenvalue weighted by Crippen LogP contribution is -2.66. The van der Waals surface area contributed by atoms with Gasteiger partial charge >= 0.3 is 0 Å². The average molecular weight is 220 g/mol. The number of nitrogens with two attached hydrogens (primary N) is 1. The van der Waals surface area contributed by atoms with Crippen molar-refractivity contribution in [3.05, 3.63) is 0 Å². The highest BCUT2D eigenvalue weighted by Crippen LogP contribution is 2.18. The van der Waals surface area contributed by atoms with Crippen LogP contribution in [0.25, 0.3) is 0 Å². The Balaban J connectivity index is 2.70. The van der Waals surface area contributed by atoms with Gasteiger partial charge in [-0.3, -0.25) is 4.79 Å².